The van der Waals surface area contributed by atoms with Gasteiger partial charge in [-0.3, -0.25) is 0 Å². The van der Waals surface area contributed by atoms with Crippen molar-refractivity contribution in [2.45, 2.75) is 12.3 Å². The van der Waals surface area contributed by atoms with Crippen LogP contribution in [0.1, 0.15) is 23.5 Å². The van der Waals surface area contributed by atoms with E-state index < -0.39 is 6.09 Å². The molecule has 2 aromatic rings. The average molecular weight is 840 g/mol. The summed E-state index contributed by atoms with van der Waals surface area (Å²) in [7, 11) is 1.64. The van der Waals surface area contributed by atoms with Crippen LogP contribution in [0.4, 0.5) is 4.79 Å². The Morgan fingerprint density at radius 2 is 0.712 bits per heavy atom. The minimum Gasteiger partial charge on any atom is -0.449 e. The van der Waals surface area contributed by atoms with Gasteiger partial charge in [0.15, 0.2) is 0 Å². The molecule has 0 bridgehead atoms. The zero-order chi connectivity index (χ0) is 41.5. The third-order valence-corrected chi connectivity index (χ3v) is 8.60. The Kier molecular flexibility index (Phi) is 31.7. The van der Waals surface area contributed by atoms with Gasteiger partial charge in [-0.05, 0) is 28.7 Å². The molecule has 0 aliphatic heterocycles. The number of carbonyl (C=O) groups excluding carboxylic acids is 1. The van der Waals surface area contributed by atoms with Gasteiger partial charge < -0.3 is 71.6 Å². The molecule has 0 saturated heterocycles. The van der Waals surface area contributed by atoms with Crippen LogP contribution in [-0.2, 0) is 66.3 Å². The maximum Gasteiger partial charge on any atom is 0.407 e. The van der Waals surface area contributed by atoms with Gasteiger partial charge in [0.1, 0.15) is 6.61 Å². The van der Waals surface area contributed by atoms with Crippen molar-refractivity contribution in [3.8, 4) is 11.1 Å². The highest BCUT2D eigenvalue weighted by atomic mass is 16.6. The third kappa shape index (κ3) is 25.5. The summed E-state index contributed by atoms with van der Waals surface area (Å²) in [5, 5.41) is 2.81. The van der Waals surface area contributed by atoms with Crippen molar-refractivity contribution >= 4 is 6.09 Å². The molecule has 0 saturated carbocycles. The fraction of sp³-hybridized carbons (Fsp3) is 0.698. The van der Waals surface area contributed by atoms with Crippen LogP contribution in [0.25, 0.3) is 11.1 Å². The SMILES string of the molecule is COCCOCCOCCOCCOCCOCCOCCOCCOCCOCCOCCOCCOCCCNC(=O)OCC1c2ccccc2-c2ccccc21. The second-order valence-corrected chi connectivity index (χ2v) is 12.9. The summed E-state index contributed by atoms with van der Waals surface area (Å²) < 4.78 is 76.3. The molecule has 1 aliphatic rings. The fourth-order valence-electron chi connectivity index (χ4n) is 5.68. The summed E-state index contributed by atoms with van der Waals surface area (Å²) in [6, 6.07) is 16.6. The van der Waals surface area contributed by atoms with Crippen molar-refractivity contribution in [1.29, 1.82) is 0 Å². The van der Waals surface area contributed by atoms with Crippen molar-refractivity contribution < 1.29 is 71.1 Å². The molecule has 3 rings (SSSR count). The molecule has 0 fully saturated rings. The summed E-state index contributed by atoms with van der Waals surface area (Å²) in [6.45, 7) is 13.5. The first-order chi connectivity index (χ1) is 29.3. The Hall–Kier alpha value is -2.81. The molecule has 16 heteroatoms. The number of amides is 1. The molecule has 2 aromatic carbocycles. The van der Waals surface area contributed by atoms with Crippen LogP contribution in [0, 0.1) is 0 Å². The minimum absolute atomic E-state index is 0.0476. The van der Waals surface area contributed by atoms with Gasteiger partial charge in [-0.15, -0.1) is 0 Å². The molecule has 0 heterocycles. The van der Waals surface area contributed by atoms with Crippen molar-refractivity contribution in [3.05, 3.63) is 59.7 Å². The van der Waals surface area contributed by atoms with Crippen LogP contribution in [0.5, 0.6) is 0 Å². The van der Waals surface area contributed by atoms with E-state index in [0.717, 1.165) is 0 Å². The smallest absolute Gasteiger partial charge is 0.407 e. The van der Waals surface area contributed by atoms with Gasteiger partial charge in [0.25, 0.3) is 0 Å². The highest BCUT2D eigenvalue weighted by molar-refractivity contribution is 5.79. The average Bonchev–Trinajstić information content (AvgIpc) is 3.58. The molecule has 1 aliphatic carbocycles. The number of alkyl carbamates (subject to hydrolysis) is 1. The van der Waals surface area contributed by atoms with E-state index >= 15 is 0 Å². The van der Waals surface area contributed by atoms with Gasteiger partial charge in [0.2, 0.25) is 0 Å². The normalized spacial score (nSPS) is 12.2. The second kappa shape index (κ2) is 37.0. The number of rotatable bonds is 42. The molecular weight excluding hydrogens is 770 g/mol. The zero-order valence-corrected chi connectivity index (χ0v) is 35.1. The standard InChI is InChI=1S/C43H69NO15/c1-46-13-14-48-17-18-50-21-22-52-25-26-54-29-30-56-33-34-58-36-35-57-32-31-55-28-27-53-24-23-51-20-19-49-16-15-47-12-6-11-44-43(45)59-37-42-40-9-4-2-7-38(40)39-8-3-5-10-41(39)42/h2-5,7-10,42H,6,11-37H2,1H3,(H,44,45). The van der Waals surface area contributed by atoms with Crippen LogP contribution < -0.4 is 5.32 Å². The maximum atomic E-state index is 12.3. The van der Waals surface area contributed by atoms with E-state index in [4.69, 9.17) is 66.3 Å². The molecule has 16 nitrogen and oxygen atoms in total. The van der Waals surface area contributed by atoms with Gasteiger partial charge in [0.05, 0.1) is 159 Å². The number of carbonyl (C=O) groups is 1. The minimum atomic E-state index is -0.416. The van der Waals surface area contributed by atoms with E-state index in [1.807, 2.05) is 24.3 Å². The van der Waals surface area contributed by atoms with E-state index in [1.54, 1.807) is 7.11 Å². The molecule has 0 radical (unpaired) electrons. The number of hydrogen-bond donors (Lipinski definition) is 1. The Labute approximate surface area is 350 Å². The van der Waals surface area contributed by atoms with Crippen LogP contribution in [0.3, 0.4) is 0 Å². The number of ether oxygens (including phenoxy) is 14. The van der Waals surface area contributed by atoms with E-state index in [1.165, 1.54) is 22.3 Å². The molecule has 0 unspecified atom stereocenters. The Morgan fingerprint density at radius 1 is 0.424 bits per heavy atom. The Bertz CT molecular complexity index is 1230. The van der Waals surface area contributed by atoms with E-state index in [0.29, 0.717) is 185 Å². The number of methoxy groups -OCH3 is 1. The first kappa shape index (κ1) is 50.5. The van der Waals surface area contributed by atoms with Gasteiger partial charge in [-0.2, -0.15) is 0 Å². The lowest BCUT2D eigenvalue weighted by Gasteiger charge is -2.14. The van der Waals surface area contributed by atoms with Gasteiger partial charge in [0, 0.05) is 26.2 Å². The fourth-order valence-corrected chi connectivity index (χ4v) is 5.68. The molecule has 0 spiro atoms. The molecule has 59 heavy (non-hydrogen) atoms. The topological polar surface area (TPSA) is 158 Å². The van der Waals surface area contributed by atoms with Crippen LogP contribution in [-0.4, -0.2) is 192 Å². The van der Waals surface area contributed by atoms with E-state index in [9.17, 15) is 4.79 Å². The van der Waals surface area contributed by atoms with Crippen molar-refractivity contribution in [2.24, 2.45) is 0 Å². The molecule has 336 valence electrons. The Balaban J connectivity index is 0.923. The van der Waals surface area contributed by atoms with E-state index in [-0.39, 0.29) is 5.92 Å². The maximum absolute atomic E-state index is 12.3. The quantitative estimate of drug-likeness (QED) is 0.0964. The molecule has 1 amide bonds. The van der Waals surface area contributed by atoms with E-state index in [2.05, 4.69) is 29.6 Å². The summed E-state index contributed by atoms with van der Waals surface area (Å²) in [4.78, 5) is 12.3. The number of benzene rings is 2. The van der Waals surface area contributed by atoms with Crippen LogP contribution in [0.15, 0.2) is 48.5 Å². The van der Waals surface area contributed by atoms with Crippen molar-refractivity contribution in [2.75, 3.05) is 185 Å². The van der Waals surface area contributed by atoms with Gasteiger partial charge in [-0.25, -0.2) is 4.79 Å². The van der Waals surface area contributed by atoms with Gasteiger partial charge in [-0.1, -0.05) is 48.5 Å². The van der Waals surface area contributed by atoms with Crippen molar-refractivity contribution in [1.82, 2.24) is 5.32 Å². The summed E-state index contributed by atoms with van der Waals surface area (Å²) in [5.74, 6) is 0.0476. The van der Waals surface area contributed by atoms with Crippen LogP contribution >= 0.6 is 0 Å². The van der Waals surface area contributed by atoms with Crippen LogP contribution in [0.2, 0.25) is 0 Å². The van der Waals surface area contributed by atoms with Crippen molar-refractivity contribution in [3.63, 3.8) is 0 Å². The monoisotopic (exact) mass is 839 g/mol. The number of fused-ring (bicyclic) bond motifs is 3. The summed E-state index contributed by atoms with van der Waals surface area (Å²) >= 11 is 0. The number of nitrogens with one attached hydrogen (secondary N) is 1. The zero-order valence-electron chi connectivity index (χ0n) is 35.1. The lowest BCUT2D eigenvalue weighted by molar-refractivity contribution is -0.0287. The second-order valence-electron chi connectivity index (χ2n) is 12.9. The highest BCUT2D eigenvalue weighted by Crippen LogP contribution is 2.44. The molecular formula is C43H69NO15. The first-order valence-electron chi connectivity index (χ1n) is 20.8. The lowest BCUT2D eigenvalue weighted by Crippen LogP contribution is -2.27. The molecule has 1 N–H and O–H groups in total. The Morgan fingerprint density at radius 3 is 1.03 bits per heavy atom. The molecule has 0 atom stereocenters. The predicted octanol–water partition coefficient (Wildman–Crippen LogP) is 3.76. The third-order valence-electron chi connectivity index (χ3n) is 8.60. The number of hydrogen-bond acceptors (Lipinski definition) is 15. The lowest BCUT2D eigenvalue weighted by atomic mass is 9.98. The summed E-state index contributed by atoms with van der Waals surface area (Å²) in [6.07, 6.45) is 0.266. The van der Waals surface area contributed by atoms with Gasteiger partial charge >= 0.3 is 6.09 Å². The molecule has 0 aromatic heterocycles. The highest BCUT2D eigenvalue weighted by Gasteiger charge is 2.28. The largest absolute Gasteiger partial charge is 0.449 e. The summed E-state index contributed by atoms with van der Waals surface area (Å²) in [5.41, 5.74) is 4.80. The predicted molar refractivity (Wildman–Crippen MR) is 219 cm³/mol. The first-order valence-corrected chi connectivity index (χ1v) is 20.8.